The molecule has 0 fully saturated rings. The van der Waals surface area contributed by atoms with Crippen molar-refractivity contribution in [3.63, 3.8) is 0 Å². The number of hydrogen-bond acceptors (Lipinski definition) is 2. The number of aliphatic carboxylic acids is 1. The fraction of sp³-hybridized carbons (Fsp3) is 0.111. The summed E-state index contributed by atoms with van der Waals surface area (Å²) in [5.74, 6) is -1.03. The third-order valence-electron chi connectivity index (χ3n) is 1.46. The second kappa shape index (κ2) is 3.17. The number of nitrogens with zero attached hydrogens (tertiary/aromatic N) is 1. The molecule has 0 saturated carbocycles. The van der Waals surface area contributed by atoms with E-state index in [0.29, 0.717) is 5.69 Å². The third-order valence-corrected chi connectivity index (χ3v) is 1.46. The van der Waals surface area contributed by atoms with Gasteiger partial charge in [-0.3, -0.25) is 4.98 Å². The first-order chi connectivity index (χ1) is 5.61. The number of rotatable bonds is 2. The molecule has 0 aliphatic heterocycles. The van der Waals surface area contributed by atoms with E-state index < -0.39 is 5.97 Å². The van der Waals surface area contributed by atoms with Gasteiger partial charge in [-0.05, 0) is 19.1 Å². The zero-order valence-corrected chi connectivity index (χ0v) is 6.74. The van der Waals surface area contributed by atoms with E-state index in [2.05, 4.69) is 11.6 Å². The van der Waals surface area contributed by atoms with E-state index in [0.717, 1.165) is 5.69 Å². The van der Waals surface area contributed by atoms with Gasteiger partial charge in [0.2, 0.25) is 0 Å². The Morgan fingerprint density at radius 3 is 2.75 bits per heavy atom. The number of aromatic nitrogens is 1. The van der Waals surface area contributed by atoms with Crippen molar-refractivity contribution in [3.8, 4) is 0 Å². The van der Waals surface area contributed by atoms with Crippen LogP contribution >= 0.6 is 0 Å². The van der Waals surface area contributed by atoms with Crippen molar-refractivity contribution in [2.45, 2.75) is 6.92 Å². The van der Waals surface area contributed by atoms with Crippen molar-refractivity contribution in [3.05, 3.63) is 36.2 Å². The van der Waals surface area contributed by atoms with Crippen LogP contribution in [0.15, 0.2) is 24.8 Å². The molecule has 0 atom stereocenters. The van der Waals surface area contributed by atoms with Gasteiger partial charge < -0.3 is 5.11 Å². The minimum absolute atomic E-state index is 0.0266. The molecular weight excluding hydrogens is 154 g/mol. The Labute approximate surface area is 70.4 Å². The quantitative estimate of drug-likeness (QED) is 0.672. The van der Waals surface area contributed by atoms with E-state index in [9.17, 15) is 4.79 Å². The van der Waals surface area contributed by atoms with E-state index in [1.54, 1.807) is 25.1 Å². The van der Waals surface area contributed by atoms with Gasteiger partial charge in [0.05, 0.1) is 11.3 Å². The first-order valence-corrected chi connectivity index (χ1v) is 3.47. The first-order valence-electron chi connectivity index (χ1n) is 3.47. The van der Waals surface area contributed by atoms with Crippen LogP contribution in [-0.4, -0.2) is 16.1 Å². The molecule has 0 bridgehead atoms. The molecule has 0 spiro atoms. The van der Waals surface area contributed by atoms with Crippen LogP contribution in [0, 0.1) is 6.92 Å². The SMILES string of the molecule is C=C(C(=O)O)c1cccc(C)n1. The van der Waals surface area contributed by atoms with E-state index in [1.165, 1.54) is 0 Å². The van der Waals surface area contributed by atoms with E-state index >= 15 is 0 Å². The summed E-state index contributed by atoms with van der Waals surface area (Å²) in [4.78, 5) is 14.5. The molecule has 1 N–H and O–H groups in total. The van der Waals surface area contributed by atoms with Gasteiger partial charge >= 0.3 is 5.97 Å². The van der Waals surface area contributed by atoms with Gasteiger partial charge in [0.25, 0.3) is 0 Å². The Hall–Kier alpha value is -1.64. The molecule has 1 aromatic rings. The van der Waals surface area contributed by atoms with Gasteiger partial charge in [0.15, 0.2) is 0 Å². The Balaban J connectivity index is 3.04. The minimum atomic E-state index is -1.03. The highest BCUT2D eigenvalue weighted by atomic mass is 16.4. The van der Waals surface area contributed by atoms with Crippen LogP contribution in [0.1, 0.15) is 11.4 Å². The number of carboxylic acids is 1. The van der Waals surface area contributed by atoms with Gasteiger partial charge in [0.1, 0.15) is 0 Å². The zero-order valence-electron chi connectivity index (χ0n) is 6.74. The van der Waals surface area contributed by atoms with Crippen LogP contribution in [0.4, 0.5) is 0 Å². The molecule has 0 aromatic carbocycles. The molecule has 3 nitrogen and oxygen atoms in total. The summed E-state index contributed by atoms with van der Waals surface area (Å²) in [7, 11) is 0. The molecule has 1 aromatic heterocycles. The summed E-state index contributed by atoms with van der Waals surface area (Å²) >= 11 is 0. The number of aryl methyl sites for hydroxylation is 1. The van der Waals surface area contributed by atoms with Crippen molar-refractivity contribution in [1.29, 1.82) is 0 Å². The molecule has 0 amide bonds. The fourth-order valence-corrected chi connectivity index (χ4v) is 0.821. The molecule has 3 heteroatoms. The Kier molecular flexibility index (Phi) is 2.24. The molecule has 62 valence electrons. The largest absolute Gasteiger partial charge is 0.478 e. The molecule has 0 radical (unpaired) electrons. The lowest BCUT2D eigenvalue weighted by molar-refractivity contribution is -0.130. The number of hydrogen-bond donors (Lipinski definition) is 1. The van der Waals surface area contributed by atoms with Crippen molar-refractivity contribution in [2.24, 2.45) is 0 Å². The normalized spacial score (nSPS) is 9.42. The fourth-order valence-electron chi connectivity index (χ4n) is 0.821. The average Bonchev–Trinajstić information content (AvgIpc) is 2.03. The second-order valence-corrected chi connectivity index (χ2v) is 2.45. The summed E-state index contributed by atoms with van der Waals surface area (Å²) in [6, 6.07) is 5.19. The molecule has 1 heterocycles. The lowest BCUT2D eigenvalue weighted by Gasteiger charge is -1.99. The molecule has 0 unspecified atom stereocenters. The van der Waals surface area contributed by atoms with E-state index in [-0.39, 0.29) is 5.57 Å². The zero-order chi connectivity index (χ0) is 9.14. The minimum Gasteiger partial charge on any atom is -0.478 e. The number of pyridine rings is 1. The van der Waals surface area contributed by atoms with Crippen molar-refractivity contribution in [2.75, 3.05) is 0 Å². The Morgan fingerprint density at radius 1 is 1.58 bits per heavy atom. The summed E-state index contributed by atoms with van der Waals surface area (Å²) in [6.07, 6.45) is 0. The summed E-state index contributed by atoms with van der Waals surface area (Å²) in [5, 5.41) is 8.59. The molecule has 0 aliphatic carbocycles. The molecule has 12 heavy (non-hydrogen) atoms. The Morgan fingerprint density at radius 2 is 2.25 bits per heavy atom. The summed E-state index contributed by atoms with van der Waals surface area (Å²) < 4.78 is 0. The van der Waals surface area contributed by atoms with Crippen LogP contribution < -0.4 is 0 Å². The topological polar surface area (TPSA) is 50.2 Å². The third kappa shape index (κ3) is 1.69. The number of carboxylic acid groups (broad SMARTS) is 1. The van der Waals surface area contributed by atoms with Crippen molar-refractivity contribution in [1.82, 2.24) is 4.98 Å². The highest BCUT2D eigenvalue weighted by Crippen LogP contribution is 2.09. The van der Waals surface area contributed by atoms with Gasteiger partial charge in [0, 0.05) is 5.69 Å². The van der Waals surface area contributed by atoms with Gasteiger partial charge in [-0.2, -0.15) is 0 Å². The predicted molar refractivity (Wildman–Crippen MR) is 45.6 cm³/mol. The van der Waals surface area contributed by atoms with Crippen LogP contribution in [0.25, 0.3) is 5.57 Å². The average molecular weight is 163 g/mol. The standard InChI is InChI=1S/C9H9NO2/c1-6-4-3-5-8(10-6)7(2)9(11)12/h3-5H,2H2,1H3,(H,11,12). The van der Waals surface area contributed by atoms with Gasteiger partial charge in [-0.1, -0.05) is 12.6 Å². The maximum absolute atomic E-state index is 10.5. The molecule has 0 aliphatic rings. The second-order valence-electron chi connectivity index (χ2n) is 2.45. The van der Waals surface area contributed by atoms with Crippen molar-refractivity contribution >= 4 is 11.5 Å². The summed E-state index contributed by atoms with van der Waals surface area (Å²) in [6.45, 7) is 5.21. The molecule has 1 rings (SSSR count). The smallest absolute Gasteiger partial charge is 0.337 e. The van der Waals surface area contributed by atoms with Crippen LogP contribution in [0.3, 0.4) is 0 Å². The molecular formula is C9H9NO2. The van der Waals surface area contributed by atoms with Gasteiger partial charge in [-0.15, -0.1) is 0 Å². The first kappa shape index (κ1) is 8.46. The highest BCUT2D eigenvalue weighted by molar-refractivity contribution is 6.13. The predicted octanol–water partition coefficient (Wildman–Crippen LogP) is 1.49. The maximum Gasteiger partial charge on any atom is 0.337 e. The monoisotopic (exact) mass is 163 g/mol. The van der Waals surface area contributed by atoms with Crippen LogP contribution in [0.2, 0.25) is 0 Å². The van der Waals surface area contributed by atoms with Gasteiger partial charge in [-0.25, -0.2) is 4.79 Å². The van der Waals surface area contributed by atoms with E-state index in [4.69, 9.17) is 5.11 Å². The maximum atomic E-state index is 10.5. The highest BCUT2D eigenvalue weighted by Gasteiger charge is 2.07. The van der Waals surface area contributed by atoms with E-state index in [1.807, 2.05) is 0 Å². The lowest BCUT2D eigenvalue weighted by atomic mass is 10.2. The van der Waals surface area contributed by atoms with Crippen molar-refractivity contribution < 1.29 is 9.90 Å². The van der Waals surface area contributed by atoms with Crippen LogP contribution in [0.5, 0.6) is 0 Å². The number of carbonyl (C=O) groups is 1. The summed E-state index contributed by atoms with van der Waals surface area (Å²) in [5.41, 5.74) is 1.23. The Bertz CT molecular complexity index is 331. The molecule has 0 saturated heterocycles. The van der Waals surface area contributed by atoms with Crippen LogP contribution in [-0.2, 0) is 4.79 Å². The lowest BCUT2D eigenvalue weighted by Crippen LogP contribution is -2.00.